The minimum Gasteiger partial charge on any atom is -0.248 e. The Morgan fingerprint density at radius 2 is 1.40 bits per heavy atom. The van der Waals surface area contributed by atoms with Crippen molar-refractivity contribution in [3.63, 3.8) is 0 Å². The molecule has 4 rings (SSSR count). The SMILES string of the molecule is c1ccc2ccc(-c3ccc4ccccc4n3)c-2cc1. The van der Waals surface area contributed by atoms with E-state index in [1.165, 1.54) is 22.1 Å². The summed E-state index contributed by atoms with van der Waals surface area (Å²) < 4.78 is 0. The Balaban J connectivity index is 1.94. The number of para-hydroxylation sites is 1. The van der Waals surface area contributed by atoms with Crippen molar-refractivity contribution in [3.05, 3.63) is 78.9 Å². The molecular weight excluding hydrogens is 242 g/mol. The summed E-state index contributed by atoms with van der Waals surface area (Å²) >= 11 is 0. The predicted molar refractivity (Wildman–Crippen MR) is 83.8 cm³/mol. The molecule has 0 spiro atoms. The normalized spacial score (nSPS) is 11.0. The molecule has 2 aliphatic rings. The van der Waals surface area contributed by atoms with Crippen molar-refractivity contribution in [1.82, 2.24) is 4.98 Å². The predicted octanol–water partition coefficient (Wildman–Crippen LogP) is 5.01. The van der Waals surface area contributed by atoms with Gasteiger partial charge < -0.3 is 0 Å². The molecule has 1 heteroatoms. The summed E-state index contributed by atoms with van der Waals surface area (Å²) in [6, 6.07) is 27.3. The topological polar surface area (TPSA) is 12.9 Å². The van der Waals surface area contributed by atoms with Crippen molar-refractivity contribution in [2.24, 2.45) is 0 Å². The molecule has 1 aromatic heterocycles. The van der Waals surface area contributed by atoms with Crippen LogP contribution < -0.4 is 0 Å². The second kappa shape index (κ2) is 4.46. The third-order valence-electron chi connectivity index (χ3n) is 3.67. The van der Waals surface area contributed by atoms with Crippen molar-refractivity contribution >= 4 is 10.9 Å². The Bertz CT molecular complexity index is 864. The maximum atomic E-state index is 4.79. The van der Waals surface area contributed by atoms with E-state index >= 15 is 0 Å². The van der Waals surface area contributed by atoms with Gasteiger partial charge in [-0.15, -0.1) is 0 Å². The minimum atomic E-state index is 1.03. The van der Waals surface area contributed by atoms with Crippen LogP contribution in [-0.4, -0.2) is 4.98 Å². The number of rotatable bonds is 1. The van der Waals surface area contributed by atoms with Gasteiger partial charge in [-0.05, 0) is 23.3 Å². The minimum absolute atomic E-state index is 1.03. The first-order chi connectivity index (χ1) is 9.92. The van der Waals surface area contributed by atoms with Gasteiger partial charge in [0.15, 0.2) is 0 Å². The lowest BCUT2D eigenvalue weighted by atomic mass is 10.1. The first-order valence-electron chi connectivity index (χ1n) is 6.76. The monoisotopic (exact) mass is 255 g/mol. The molecule has 2 aromatic rings. The van der Waals surface area contributed by atoms with Crippen LogP contribution in [0.2, 0.25) is 0 Å². The van der Waals surface area contributed by atoms with Gasteiger partial charge in [0.1, 0.15) is 0 Å². The van der Waals surface area contributed by atoms with Crippen LogP contribution in [0.4, 0.5) is 0 Å². The van der Waals surface area contributed by atoms with E-state index in [-0.39, 0.29) is 0 Å². The molecule has 0 N–H and O–H groups in total. The van der Waals surface area contributed by atoms with Gasteiger partial charge in [0.25, 0.3) is 0 Å². The van der Waals surface area contributed by atoms with Gasteiger partial charge >= 0.3 is 0 Å². The van der Waals surface area contributed by atoms with Gasteiger partial charge in [-0.25, -0.2) is 4.98 Å². The van der Waals surface area contributed by atoms with Crippen molar-refractivity contribution < 1.29 is 0 Å². The number of benzene rings is 1. The Hall–Kier alpha value is -2.67. The van der Waals surface area contributed by atoms with Gasteiger partial charge in [-0.3, -0.25) is 0 Å². The summed E-state index contributed by atoms with van der Waals surface area (Å²) in [7, 11) is 0. The zero-order chi connectivity index (χ0) is 13.4. The number of fused-ring (bicyclic) bond motifs is 2. The summed E-state index contributed by atoms with van der Waals surface area (Å²) in [6.07, 6.45) is 0. The number of nitrogens with zero attached hydrogens (tertiary/aromatic N) is 1. The number of pyridine rings is 1. The molecule has 0 saturated heterocycles. The highest BCUT2D eigenvalue weighted by Crippen LogP contribution is 2.34. The van der Waals surface area contributed by atoms with E-state index < -0.39 is 0 Å². The van der Waals surface area contributed by atoms with Gasteiger partial charge in [-0.2, -0.15) is 0 Å². The van der Waals surface area contributed by atoms with Crippen molar-refractivity contribution in [1.29, 1.82) is 0 Å². The van der Waals surface area contributed by atoms with E-state index in [1.807, 2.05) is 12.1 Å². The van der Waals surface area contributed by atoms with Crippen LogP contribution in [-0.2, 0) is 0 Å². The lowest BCUT2D eigenvalue weighted by Crippen LogP contribution is -1.84. The fourth-order valence-corrected chi connectivity index (χ4v) is 2.65. The molecule has 0 amide bonds. The van der Waals surface area contributed by atoms with Crippen LogP contribution in [0.1, 0.15) is 0 Å². The van der Waals surface area contributed by atoms with Crippen LogP contribution in [0.15, 0.2) is 78.9 Å². The Morgan fingerprint density at radius 3 is 2.40 bits per heavy atom. The average Bonchev–Trinajstić information content (AvgIpc) is 2.75. The van der Waals surface area contributed by atoms with Crippen LogP contribution in [0, 0.1) is 0 Å². The summed E-state index contributed by atoms with van der Waals surface area (Å²) in [5, 5.41) is 1.18. The Morgan fingerprint density at radius 1 is 0.550 bits per heavy atom. The summed E-state index contributed by atoms with van der Waals surface area (Å²) in [6.45, 7) is 0. The lowest BCUT2D eigenvalue weighted by Gasteiger charge is -2.03. The maximum Gasteiger partial charge on any atom is 0.0715 e. The number of hydrogen-bond acceptors (Lipinski definition) is 1. The summed E-state index contributed by atoms with van der Waals surface area (Å²) in [5.74, 6) is 0. The van der Waals surface area contributed by atoms with Crippen molar-refractivity contribution in [2.75, 3.05) is 0 Å². The molecule has 1 aromatic carbocycles. The van der Waals surface area contributed by atoms with E-state index in [9.17, 15) is 0 Å². The number of aromatic nitrogens is 1. The molecule has 20 heavy (non-hydrogen) atoms. The average molecular weight is 255 g/mol. The molecule has 0 aliphatic heterocycles. The van der Waals surface area contributed by atoms with E-state index in [0.717, 1.165) is 11.2 Å². The van der Waals surface area contributed by atoms with E-state index in [2.05, 4.69) is 66.7 Å². The largest absolute Gasteiger partial charge is 0.248 e. The highest BCUT2D eigenvalue weighted by atomic mass is 14.7. The molecule has 0 atom stereocenters. The maximum absolute atomic E-state index is 4.79. The fraction of sp³-hybridized carbons (Fsp3) is 0. The van der Waals surface area contributed by atoms with E-state index in [4.69, 9.17) is 4.98 Å². The Kier molecular flexibility index (Phi) is 2.49. The van der Waals surface area contributed by atoms with Gasteiger partial charge in [0.05, 0.1) is 11.2 Å². The van der Waals surface area contributed by atoms with Gasteiger partial charge in [0.2, 0.25) is 0 Å². The van der Waals surface area contributed by atoms with Gasteiger partial charge in [-0.1, -0.05) is 66.7 Å². The second-order valence-electron chi connectivity index (χ2n) is 4.92. The molecule has 0 saturated carbocycles. The smallest absolute Gasteiger partial charge is 0.0715 e. The zero-order valence-electron chi connectivity index (χ0n) is 11.0. The number of hydrogen-bond donors (Lipinski definition) is 0. The second-order valence-corrected chi connectivity index (χ2v) is 4.92. The van der Waals surface area contributed by atoms with Gasteiger partial charge in [0, 0.05) is 10.9 Å². The molecule has 2 aliphatic carbocycles. The van der Waals surface area contributed by atoms with Crippen LogP contribution in [0.3, 0.4) is 0 Å². The van der Waals surface area contributed by atoms with Crippen molar-refractivity contribution in [2.45, 2.75) is 0 Å². The molecule has 0 radical (unpaired) electrons. The Labute approximate surface area is 117 Å². The van der Waals surface area contributed by atoms with Crippen LogP contribution in [0.25, 0.3) is 33.3 Å². The first-order valence-corrected chi connectivity index (χ1v) is 6.76. The molecule has 0 bridgehead atoms. The highest BCUT2D eigenvalue weighted by Gasteiger charge is 2.10. The zero-order valence-corrected chi connectivity index (χ0v) is 11.0. The molecular formula is C19H13N. The van der Waals surface area contributed by atoms with Crippen molar-refractivity contribution in [3.8, 4) is 22.4 Å². The van der Waals surface area contributed by atoms with E-state index in [0.29, 0.717) is 0 Å². The summed E-state index contributed by atoms with van der Waals surface area (Å²) in [5.41, 5.74) is 5.77. The fourth-order valence-electron chi connectivity index (χ4n) is 2.65. The van der Waals surface area contributed by atoms with Crippen LogP contribution in [0.5, 0.6) is 0 Å². The third-order valence-corrected chi connectivity index (χ3v) is 3.67. The van der Waals surface area contributed by atoms with Crippen LogP contribution >= 0.6 is 0 Å². The molecule has 0 fully saturated rings. The molecule has 1 heterocycles. The van der Waals surface area contributed by atoms with E-state index in [1.54, 1.807) is 0 Å². The lowest BCUT2D eigenvalue weighted by molar-refractivity contribution is 1.41. The standard InChI is InChI=1S/C19H13N/c1-2-6-14-10-12-17(16(14)8-3-1)19-13-11-15-7-4-5-9-18(15)20-19/h1-13H. The quantitative estimate of drug-likeness (QED) is 0.466. The summed E-state index contributed by atoms with van der Waals surface area (Å²) in [4.78, 5) is 4.79. The highest BCUT2D eigenvalue weighted by molar-refractivity contribution is 5.88. The first kappa shape index (κ1) is 11.2. The molecule has 94 valence electrons. The molecule has 1 nitrogen and oxygen atoms in total. The third kappa shape index (κ3) is 1.76. The molecule has 0 unspecified atom stereocenters.